The first-order valence-corrected chi connectivity index (χ1v) is 5.74. The summed E-state index contributed by atoms with van der Waals surface area (Å²) >= 11 is 0. The van der Waals surface area contributed by atoms with Crippen molar-refractivity contribution in [2.75, 3.05) is 45.9 Å². The van der Waals surface area contributed by atoms with Crippen LogP contribution in [-0.4, -0.2) is 78.5 Å². The van der Waals surface area contributed by atoms with Crippen molar-refractivity contribution in [1.29, 1.82) is 0 Å². The van der Waals surface area contributed by atoms with Crippen LogP contribution in [-0.2, 0) is 4.74 Å². The monoisotopic (exact) mass is 227 g/mol. The predicted octanol–water partition coefficient (Wildman–Crippen LogP) is -0.977. The molecule has 16 heavy (non-hydrogen) atoms. The highest BCUT2D eigenvalue weighted by molar-refractivity contribution is 5.67. The molecule has 0 radical (unpaired) electrons. The van der Waals surface area contributed by atoms with E-state index in [4.69, 9.17) is 9.84 Å². The lowest BCUT2D eigenvalue weighted by molar-refractivity contribution is -0.129. The quantitative estimate of drug-likeness (QED) is 0.557. The summed E-state index contributed by atoms with van der Waals surface area (Å²) in [5, 5.41) is 12.3. The molecule has 1 atom stereocenters. The minimum Gasteiger partial charge on any atom is -0.465 e. The van der Waals surface area contributed by atoms with E-state index < -0.39 is 6.09 Å². The summed E-state index contributed by atoms with van der Waals surface area (Å²) in [5.74, 6) is 0. The summed E-state index contributed by atoms with van der Waals surface area (Å²) in [6.07, 6.45) is -0.805. The topological polar surface area (TPSA) is 65.0 Å². The molecule has 0 aromatic rings. The van der Waals surface area contributed by atoms with Crippen molar-refractivity contribution >= 4 is 6.09 Å². The molecule has 6 heteroatoms. The first-order valence-electron chi connectivity index (χ1n) is 5.74. The Morgan fingerprint density at radius 1 is 1.50 bits per heavy atom. The van der Waals surface area contributed by atoms with Crippen LogP contribution in [0.15, 0.2) is 0 Å². The van der Waals surface area contributed by atoms with Crippen molar-refractivity contribution in [3.8, 4) is 0 Å². The van der Waals surface area contributed by atoms with Gasteiger partial charge in [0.15, 0.2) is 0 Å². The van der Waals surface area contributed by atoms with Crippen molar-refractivity contribution in [3.05, 3.63) is 0 Å². The normalized spacial score (nSPS) is 33.2. The van der Waals surface area contributed by atoms with Gasteiger partial charge in [-0.3, -0.25) is 4.90 Å². The number of ether oxygens (including phenoxy) is 1. The van der Waals surface area contributed by atoms with E-state index in [9.17, 15) is 4.79 Å². The second-order valence-electron chi connectivity index (χ2n) is 4.92. The molecule has 3 aliphatic rings. The van der Waals surface area contributed by atoms with Crippen LogP contribution < -0.4 is 5.32 Å². The van der Waals surface area contributed by atoms with E-state index in [2.05, 4.69) is 10.2 Å². The van der Waals surface area contributed by atoms with Crippen LogP contribution in [0.25, 0.3) is 0 Å². The highest BCUT2D eigenvalue weighted by atomic mass is 16.5. The second-order valence-corrected chi connectivity index (χ2v) is 4.92. The number of rotatable bonds is 0. The van der Waals surface area contributed by atoms with E-state index in [0.717, 1.165) is 32.8 Å². The molecular weight excluding hydrogens is 210 g/mol. The molecule has 3 aliphatic heterocycles. The summed E-state index contributed by atoms with van der Waals surface area (Å²) < 4.78 is 5.46. The number of hydrogen-bond acceptors (Lipinski definition) is 4. The number of amides is 1. The highest BCUT2D eigenvalue weighted by Gasteiger charge is 2.53. The molecule has 3 heterocycles. The number of hydrogen-bond donors (Lipinski definition) is 2. The van der Waals surface area contributed by atoms with Gasteiger partial charge >= 0.3 is 6.09 Å². The summed E-state index contributed by atoms with van der Waals surface area (Å²) in [5.41, 5.74) is 0.0328. The van der Waals surface area contributed by atoms with Gasteiger partial charge in [0.05, 0.1) is 18.8 Å². The van der Waals surface area contributed by atoms with Gasteiger partial charge in [0.2, 0.25) is 0 Å². The minimum absolute atomic E-state index is 0.0328. The molecule has 1 amide bonds. The van der Waals surface area contributed by atoms with Gasteiger partial charge < -0.3 is 20.1 Å². The zero-order valence-electron chi connectivity index (χ0n) is 9.19. The molecule has 0 aromatic carbocycles. The molecule has 0 bridgehead atoms. The van der Waals surface area contributed by atoms with Gasteiger partial charge in [-0.25, -0.2) is 4.79 Å². The summed E-state index contributed by atoms with van der Waals surface area (Å²) in [7, 11) is 0. The molecule has 0 unspecified atom stereocenters. The molecule has 3 saturated heterocycles. The Balaban J connectivity index is 1.72. The first-order chi connectivity index (χ1) is 7.71. The van der Waals surface area contributed by atoms with Crippen molar-refractivity contribution < 1.29 is 14.6 Å². The van der Waals surface area contributed by atoms with Crippen LogP contribution in [0, 0.1) is 0 Å². The third-order valence-electron chi connectivity index (χ3n) is 3.91. The van der Waals surface area contributed by atoms with Crippen molar-refractivity contribution in [3.63, 3.8) is 0 Å². The maximum absolute atomic E-state index is 10.8. The van der Waals surface area contributed by atoms with Crippen LogP contribution in [0.2, 0.25) is 0 Å². The van der Waals surface area contributed by atoms with Crippen LogP contribution in [0.4, 0.5) is 4.79 Å². The number of fused-ring (bicyclic) bond motifs is 2. The summed E-state index contributed by atoms with van der Waals surface area (Å²) in [6, 6.07) is 0.415. The third-order valence-corrected chi connectivity index (χ3v) is 3.91. The largest absolute Gasteiger partial charge is 0.465 e. The fourth-order valence-corrected chi connectivity index (χ4v) is 3.11. The third kappa shape index (κ3) is 1.41. The lowest BCUT2D eigenvalue weighted by atomic mass is 9.84. The van der Waals surface area contributed by atoms with E-state index in [-0.39, 0.29) is 5.54 Å². The Kier molecular flexibility index (Phi) is 2.31. The van der Waals surface area contributed by atoms with Crippen LogP contribution in [0.3, 0.4) is 0 Å². The van der Waals surface area contributed by atoms with E-state index in [1.54, 1.807) is 0 Å². The lowest BCUT2D eigenvalue weighted by Gasteiger charge is -2.60. The Bertz CT molecular complexity index is 302. The number of piperazine rings is 1. The molecule has 0 aromatic heterocycles. The van der Waals surface area contributed by atoms with E-state index >= 15 is 0 Å². The van der Waals surface area contributed by atoms with Crippen molar-refractivity contribution in [2.45, 2.75) is 11.6 Å². The maximum atomic E-state index is 10.8. The zero-order valence-corrected chi connectivity index (χ0v) is 9.19. The fraction of sp³-hybridized carbons (Fsp3) is 0.900. The smallest absolute Gasteiger partial charge is 0.407 e. The number of carbonyl (C=O) groups is 1. The molecule has 90 valence electrons. The molecule has 3 rings (SSSR count). The molecule has 1 spiro atoms. The number of likely N-dealkylation sites (tertiary alicyclic amines) is 1. The van der Waals surface area contributed by atoms with E-state index in [1.807, 2.05) is 0 Å². The molecule has 6 nitrogen and oxygen atoms in total. The van der Waals surface area contributed by atoms with Crippen molar-refractivity contribution in [2.24, 2.45) is 0 Å². The van der Waals surface area contributed by atoms with Gasteiger partial charge in [-0.1, -0.05) is 0 Å². The van der Waals surface area contributed by atoms with Crippen LogP contribution in [0.1, 0.15) is 0 Å². The predicted molar refractivity (Wildman–Crippen MR) is 56.5 cm³/mol. The number of nitrogens with zero attached hydrogens (tertiary/aromatic N) is 2. The maximum Gasteiger partial charge on any atom is 0.407 e. The first kappa shape index (κ1) is 10.3. The Morgan fingerprint density at radius 3 is 3.06 bits per heavy atom. The number of nitrogens with one attached hydrogen (secondary N) is 1. The fourth-order valence-electron chi connectivity index (χ4n) is 3.11. The standard InChI is InChI=1S/C10H17N3O3/c14-9(15)12-6-10(7-12)5-11-3-8-4-16-2-1-13(8)10/h8,11H,1-7H2,(H,14,15)/t8-/m0/s1. The summed E-state index contributed by atoms with van der Waals surface area (Å²) in [6.45, 7) is 5.58. The van der Waals surface area contributed by atoms with E-state index in [0.29, 0.717) is 19.1 Å². The molecule has 2 N–H and O–H groups in total. The Morgan fingerprint density at radius 2 is 2.31 bits per heavy atom. The highest BCUT2D eigenvalue weighted by Crippen LogP contribution is 2.32. The Labute approximate surface area is 94.1 Å². The Hall–Kier alpha value is -0.850. The average molecular weight is 227 g/mol. The summed E-state index contributed by atoms with van der Waals surface area (Å²) in [4.78, 5) is 14.8. The van der Waals surface area contributed by atoms with Gasteiger partial charge in [0.25, 0.3) is 0 Å². The van der Waals surface area contributed by atoms with Gasteiger partial charge in [-0.05, 0) is 0 Å². The van der Waals surface area contributed by atoms with Crippen LogP contribution >= 0.6 is 0 Å². The molecule has 3 fully saturated rings. The van der Waals surface area contributed by atoms with Gasteiger partial charge in [0, 0.05) is 38.8 Å². The van der Waals surface area contributed by atoms with Crippen LogP contribution in [0.5, 0.6) is 0 Å². The molecule has 0 aliphatic carbocycles. The molecule has 0 saturated carbocycles. The molecular formula is C10H17N3O3. The minimum atomic E-state index is -0.805. The lowest BCUT2D eigenvalue weighted by Crippen LogP contribution is -2.80. The van der Waals surface area contributed by atoms with Gasteiger partial charge in [0.1, 0.15) is 0 Å². The van der Waals surface area contributed by atoms with Crippen molar-refractivity contribution in [1.82, 2.24) is 15.1 Å². The SMILES string of the molecule is O=C(O)N1CC2(CNC[C@H]3COCCN32)C1. The number of carboxylic acid groups (broad SMARTS) is 1. The average Bonchev–Trinajstić information content (AvgIpc) is 2.24. The zero-order chi connectivity index (χ0) is 11.2. The van der Waals surface area contributed by atoms with Gasteiger partial charge in [-0.2, -0.15) is 0 Å². The van der Waals surface area contributed by atoms with Gasteiger partial charge in [-0.15, -0.1) is 0 Å². The second kappa shape index (κ2) is 3.58. The number of morpholine rings is 1. The van der Waals surface area contributed by atoms with E-state index in [1.165, 1.54) is 4.90 Å².